The number of nitro benzene ring substituents is 1. The Labute approximate surface area is 236 Å². The Morgan fingerprint density at radius 1 is 1.02 bits per heavy atom. The molecule has 0 aliphatic rings. The number of fused-ring (bicyclic) bond motifs is 2. The topological polar surface area (TPSA) is 137 Å². The Bertz CT molecular complexity index is 1930. The molecule has 2 heterocycles. The minimum Gasteiger partial charge on any atom is -0.309 e. The zero-order valence-corrected chi connectivity index (χ0v) is 23.3. The van der Waals surface area contributed by atoms with Gasteiger partial charge in [-0.05, 0) is 49.2 Å². The highest BCUT2D eigenvalue weighted by atomic mass is 32.2. The van der Waals surface area contributed by atoms with Crippen LogP contribution in [0.3, 0.4) is 0 Å². The third kappa shape index (κ3) is 5.57. The number of benzene rings is 3. The Hall–Kier alpha value is -4.90. The number of amides is 1. The second-order valence-electron chi connectivity index (χ2n) is 9.56. The monoisotopic (exact) mass is 569 g/mol. The molecule has 0 saturated heterocycles. The van der Waals surface area contributed by atoms with Gasteiger partial charge in [0.25, 0.3) is 5.69 Å². The lowest BCUT2D eigenvalue weighted by atomic mass is 10.2. The number of nitrogens with one attached hydrogen (secondary N) is 1. The summed E-state index contributed by atoms with van der Waals surface area (Å²) in [5.74, 6) is -0.542. The molecule has 10 nitrogen and oxygen atoms in total. The average Bonchev–Trinajstić information content (AvgIpc) is 3.26. The second kappa shape index (κ2) is 11.3. The smallest absolute Gasteiger partial charge is 0.270 e. The molecule has 0 aliphatic heterocycles. The molecule has 0 unspecified atom stereocenters. The molecule has 3 aromatic carbocycles. The van der Waals surface area contributed by atoms with E-state index in [1.165, 1.54) is 42.5 Å². The van der Waals surface area contributed by atoms with Gasteiger partial charge in [0.05, 0.1) is 20.9 Å². The maximum Gasteiger partial charge on any atom is 0.270 e. The minimum atomic E-state index is -4.15. The van der Waals surface area contributed by atoms with Crippen molar-refractivity contribution in [1.29, 1.82) is 0 Å². The Morgan fingerprint density at radius 2 is 1.73 bits per heavy atom. The molecule has 0 aliphatic carbocycles. The van der Waals surface area contributed by atoms with Crippen LogP contribution in [0.1, 0.15) is 30.9 Å². The van der Waals surface area contributed by atoms with E-state index >= 15 is 0 Å². The summed E-state index contributed by atoms with van der Waals surface area (Å²) in [5, 5.41) is 13.9. The maximum atomic E-state index is 14.2. The quantitative estimate of drug-likeness (QED) is 0.129. The Kier molecular flexibility index (Phi) is 7.62. The van der Waals surface area contributed by atoms with Crippen LogP contribution in [-0.2, 0) is 21.2 Å². The molecule has 11 heteroatoms. The van der Waals surface area contributed by atoms with Crippen LogP contribution in [0.15, 0.2) is 88.7 Å². The van der Waals surface area contributed by atoms with E-state index < -0.39 is 20.7 Å². The number of non-ortho nitro benzene ring substituents is 1. The maximum absolute atomic E-state index is 14.2. The van der Waals surface area contributed by atoms with Gasteiger partial charge in [0.15, 0.2) is 5.65 Å². The van der Waals surface area contributed by atoms with Crippen LogP contribution < -0.4 is 5.32 Å². The first-order valence-electron chi connectivity index (χ1n) is 13.0. The molecular weight excluding hydrogens is 542 g/mol. The number of rotatable bonds is 9. The van der Waals surface area contributed by atoms with Crippen LogP contribution in [-0.4, -0.2) is 33.8 Å². The lowest BCUT2D eigenvalue weighted by Crippen LogP contribution is -2.16. The van der Waals surface area contributed by atoms with Gasteiger partial charge >= 0.3 is 0 Å². The molecule has 5 aromatic rings. The van der Waals surface area contributed by atoms with Gasteiger partial charge in [-0.1, -0.05) is 55.3 Å². The molecule has 41 heavy (non-hydrogen) atoms. The van der Waals surface area contributed by atoms with Crippen molar-refractivity contribution >= 4 is 55.5 Å². The summed E-state index contributed by atoms with van der Waals surface area (Å²) in [6.45, 7) is 4.27. The number of para-hydroxylation sites is 2. The predicted molar refractivity (Wildman–Crippen MR) is 157 cm³/mol. The summed E-state index contributed by atoms with van der Waals surface area (Å²) in [5.41, 5.74) is 2.87. The van der Waals surface area contributed by atoms with Crippen LogP contribution in [0.5, 0.6) is 0 Å². The van der Waals surface area contributed by atoms with Gasteiger partial charge < -0.3 is 9.88 Å². The van der Waals surface area contributed by atoms with E-state index in [4.69, 9.17) is 9.97 Å². The number of unbranched alkanes of at least 4 members (excludes halogenated alkanes) is 1. The number of carbonyl (C=O) groups excluding carboxylic acids is 1. The second-order valence-corrected chi connectivity index (χ2v) is 11.4. The molecule has 208 valence electrons. The van der Waals surface area contributed by atoms with Crippen molar-refractivity contribution < 1.29 is 18.1 Å². The summed E-state index contributed by atoms with van der Waals surface area (Å²) in [7, 11) is -4.15. The number of aromatic nitrogens is 3. The highest BCUT2D eigenvalue weighted by Gasteiger charge is 2.32. The fourth-order valence-electron chi connectivity index (χ4n) is 4.49. The molecule has 0 bridgehead atoms. The van der Waals surface area contributed by atoms with E-state index in [1.54, 1.807) is 41.0 Å². The third-order valence-corrected chi connectivity index (χ3v) is 8.41. The summed E-state index contributed by atoms with van der Waals surface area (Å²) < 4.78 is 30.0. The Balaban J connectivity index is 1.69. The normalized spacial score (nSPS) is 11.9. The summed E-state index contributed by atoms with van der Waals surface area (Å²) in [4.78, 5) is 33.2. The van der Waals surface area contributed by atoms with E-state index in [2.05, 4.69) is 5.32 Å². The first kappa shape index (κ1) is 27.7. The number of hydrogen-bond donors (Lipinski definition) is 1. The molecule has 0 fully saturated rings. The molecule has 5 rings (SSSR count). The van der Waals surface area contributed by atoms with Gasteiger partial charge in [0, 0.05) is 24.8 Å². The predicted octanol–water partition coefficient (Wildman–Crippen LogP) is 6.09. The van der Waals surface area contributed by atoms with Gasteiger partial charge in [-0.3, -0.25) is 14.9 Å². The number of anilines is 1. The van der Waals surface area contributed by atoms with Gasteiger partial charge in [-0.2, -0.15) is 0 Å². The lowest BCUT2D eigenvalue weighted by Gasteiger charge is -2.12. The molecular formula is C30H27N5O5S. The standard InChI is InChI=1S/C30H27N5O5S/c1-3-4-18-34-29-27(31-24-10-5-6-11-25(24)32-29)28(41(39,40)23-15-12-20(2)13-16-23)30(34)33-26(36)17-14-21-8-7-9-22(19-21)35(37)38/h5-17,19H,3-4,18H2,1-2H3,(H,33,36). The first-order valence-corrected chi connectivity index (χ1v) is 14.5. The highest BCUT2D eigenvalue weighted by molar-refractivity contribution is 7.92. The zero-order chi connectivity index (χ0) is 29.1. The SMILES string of the molecule is CCCCn1c(NC(=O)C=Cc2cccc([N+](=O)[O-])c2)c(S(=O)(=O)c2ccc(C)cc2)c2nc3ccccc3nc21. The number of aryl methyl sites for hydroxylation is 2. The minimum absolute atomic E-state index is 0.0650. The van der Waals surface area contributed by atoms with Crippen molar-refractivity contribution in [3.8, 4) is 0 Å². The molecule has 1 amide bonds. The van der Waals surface area contributed by atoms with Gasteiger partial charge in [0.2, 0.25) is 15.7 Å². The molecule has 0 radical (unpaired) electrons. The van der Waals surface area contributed by atoms with Crippen molar-refractivity contribution in [2.75, 3.05) is 5.32 Å². The molecule has 0 saturated carbocycles. The van der Waals surface area contributed by atoms with Gasteiger partial charge in [0.1, 0.15) is 16.2 Å². The van der Waals surface area contributed by atoms with E-state index in [-0.39, 0.29) is 26.8 Å². The van der Waals surface area contributed by atoms with Crippen molar-refractivity contribution in [3.63, 3.8) is 0 Å². The third-order valence-electron chi connectivity index (χ3n) is 6.59. The molecule has 0 atom stereocenters. The van der Waals surface area contributed by atoms with Gasteiger partial charge in [-0.15, -0.1) is 0 Å². The van der Waals surface area contributed by atoms with Crippen molar-refractivity contribution in [1.82, 2.24) is 14.5 Å². The van der Waals surface area contributed by atoms with E-state index in [0.717, 1.165) is 12.0 Å². The van der Waals surface area contributed by atoms with E-state index in [9.17, 15) is 23.3 Å². The van der Waals surface area contributed by atoms with Crippen LogP contribution in [0.25, 0.3) is 28.3 Å². The number of hydrogen-bond acceptors (Lipinski definition) is 7. The van der Waals surface area contributed by atoms with Crippen LogP contribution >= 0.6 is 0 Å². The lowest BCUT2D eigenvalue weighted by molar-refractivity contribution is -0.384. The van der Waals surface area contributed by atoms with Crippen molar-refractivity contribution in [2.45, 2.75) is 43.0 Å². The number of carbonyl (C=O) groups is 1. The number of sulfone groups is 1. The Morgan fingerprint density at radius 3 is 2.41 bits per heavy atom. The fraction of sp³-hybridized carbons (Fsp3) is 0.167. The number of nitro groups is 1. The zero-order valence-electron chi connectivity index (χ0n) is 22.4. The van der Waals surface area contributed by atoms with Crippen molar-refractivity contribution in [2.24, 2.45) is 0 Å². The summed E-state index contributed by atoms with van der Waals surface area (Å²) in [6, 6.07) is 19.5. The van der Waals surface area contributed by atoms with Gasteiger partial charge in [-0.25, -0.2) is 18.4 Å². The first-order chi connectivity index (χ1) is 19.7. The molecule has 1 N–H and O–H groups in total. The largest absolute Gasteiger partial charge is 0.309 e. The fourth-order valence-corrected chi connectivity index (χ4v) is 6.03. The highest BCUT2D eigenvalue weighted by Crippen LogP contribution is 2.37. The van der Waals surface area contributed by atoms with Crippen LogP contribution in [0.4, 0.5) is 11.5 Å². The average molecular weight is 570 g/mol. The van der Waals surface area contributed by atoms with E-state index in [1.807, 2.05) is 19.9 Å². The summed E-state index contributed by atoms with van der Waals surface area (Å²) in [6.07, 6.45) is 4.16. The van der Waals surface area contributed by atoms with Crippen LogP contribution in [0.2, 0.25) is 0 Å². The molecule has 2 aromatic heterocycles. The summed E-state index contributed by atoms with van der Waals surface area (Å²) >= 11 is 0. The molecule has 0 spiro atoms. The van der Waals surface area contributed by atoms with Crippen LogP contribution in [0, 0.1) is 17.0 Å². The number of nitrogens with zero attached hydrogens (tertiary/aromatic N) is 4. The van der Waals surface area contributed by atoms with Crippen molar-refractivity contribution in [3.05, 3.63) is 100 Å². The van der Waals surface area contributed by atoms with E-state index in [0.29, 0.717) is 35.2 Å².